The van der Waals surface area contributed by atoms with E-state index in [2.05, 4.69) is 104 Å². The van der Waals surface area contributed by atoms with Crippen LogP contribution in [0.1, 0.15) is 103 Å². The number of para-hydroxylation sites is 1. The van der Waals surface area contributed by atoms with E-state index in [9.17, 15) is 9.59 Å². The summed E-state index contributed by atoms with van der Waals surface area (Å²) in [5.41, 5.74) is 6.18. The Labute approximate surface area is 272 Å². The van der Waals surface area contributed by atoms with Crippen LogP contribution >= 0.6 is 0 Å². The molecule has 6 aliphatic heterocycles. The first-order valence-corrected chi connectivity index (χ1v) is 18.2. The van der Waals surface area contributed by atoms with Crippen LogP contribution in [0.3, 0.4) is 0 Å². The van der Waals surface area contributed by atoms with Crippen molar-refractivity contribution in [1.29, 1.82) is 0 Å². The van der Waals surface area contributed by atoms with Crippen molar-refractivity contribution in [3.8, 4) is 0 Å². The van der Waals surface area contributed by atoms with Gasteiger partial charge in [0.15, 0.2) is 0 Å². The lowest BCUT2D eigenvalue weighted by Crippen LogP contribution is -2.73. The lowest BCUT2D eigenvalue weighted by atomic mass is 9.50. The molecule has 0 aromatic heterocycles. The smallest absolute Gasteiger partial charge is 0.138 e. The number of rotatable bonds is 1. The quantitative estimate of drug-likeness (QED) is 0.382. The van der Waals surface area contributed by atoms with E-state index in [0.29, 0.717) is 54.4 Å². The highest BCUT2D eigenvalue weighted by Gasteiger charge is 2.83. The van der Waals surface area contributed by atoms with Crippen LogP contribution in [-0.4, -0.2) is 55.6 Å². The molecule has 1 N–H and O–H groups in total. The molecule has 6 nitrogen and oxygen atoms in total. The summed E-state index contributed by atoms with van der Waals surface area (Å²) < 4.78 is 0. The van der Waals surface area contributed by atoms with Gasteiger partial charge in [-0.15, -0.1) is 0 Å². The summed E-state index contributed by atoms with van der Waals surface area (Å²) in [4.78, 5) is 36.2. The molecule has 0 radical (unpaired) electrons. The lowest BCUT2D eigenvalue weighted by molar-refractivity contribution is -0.176. The van der Waals surface area contributed by atoms with E-state index >= 15 is 0 Å². The first-order valence-electron chi connectivity index (χ1n) is 18.2. The van der Waals surface area contributed by atoms with Crippen molar-refractivity contribution < 1.29 is 9.59 Å². The average molecular weight is 615 g/mol. The molecule has 0 amide bonds. The van der Waals surface area contributed by atoms with Crippen molar-refractivity contribution in [2.75, 3.05) is 10.2 Å². The van der Waals surface area contributed by atoms with Crippen LogP contribution in [0, 0.1) is 34.5 Å². The molecule has 6 heteroatoms. The lowest BCUT2D eigenvalue weighted by Gasteiger charge is -2.67. The number of nitrogens with zero attached hydrogens (tertiary/aromatic N) is 3. The second kappa shape index (κ2) is 7.03. The van der Waals surface area contributed by atoms with Crippen molar-refractivity contribution in [3.05, 3.63) is 53.6 Å². The number of ketones is 2. The van der Waals surface area contributed by atoms with Gasteiger partial charge in [-0.05, 0) is 101 Å². The van der Waals surface area contributed by atoms with Crippen LogP contribution in [0.5, 0.6) is 0 Å². The summed E-state index contributed by atoms with van der Waals surface area (Å²) in [6, 6.07) is 18.2. The largest absolute Gasteiger partial charge is 0.377 e. The maximum Gasteiger partial charge on any atom is 0.138 e. The molecule has 4 saturated heterocycles. The maximum absolute atomic E-state index is 14.0. The third kappa shape index (κ3) is 2.21. The van der Waals surface area contributed by atoms with Gasteiger partial charge in [0.05, 0.1) is 23.2 Å². The molecular formula is C40H46N4O2. The highest BCUT2D eigenvalue weighted by atomic mass is 16.1. The SMILES string of the molecule is CC1(C)C2CC3C4CC5(Nc6ccc(N7c8ccccc8C8N9C%10CC87C7(C)CC(=O)C(CC%107)C9(C)C)cc6C5N41)C3(C)CC2=O. The van der Waals surface area contributed by atoms with E-state index in [1.54, 1.807) is 0 Å². The zero-order valence-electron chi connectivity index (χ0n) is 28.1. The van der Waals surface area contributed by atoms with Crippen LogP contribution < -0.4 is 10.2 Å². The molecule has 12 atom stereocenters. The fraction of sp³-hybridized carbons (Fsp3) is 0.650. The maximum atomic E-state index is 14.0. The van der Waals surface area contributed by atoms with Gasteiger partial charge in [0.25, 0.3) is 0 Å². The predicted molar refractivity (Wildman–Crippen MR) is 177 cm³/mol. The van der Waals surface area contributed by atoms with Crippen LogP contribution in [0.2, 0.25) is 0 Å². The van der Waals surface area contributed by atoms with Crippen molar-refractivity contribution in [2.45, 2.75) is 126 Å². The van der Waals surface area contributed by atoms with Gasteiger partial charge in [0, 0.05) is 75.7 Å². The Balaban J connectivity index is 1.07. The van der Waals surface area contributed by atoms with Gasteiger partial charge in [-0.3, -0.25) is 19.4 Å². The van der Waals surface area contributed by atoms with E-state index in [4.69, 9.17) is 0 Å². The zero-order valence-corrected chi connectivity index (χ0v) is 28.1. The van der Waals surface area contributed by atoms with Gasteiger partial charge >= 0.3 is 0 Å². The number of fused-ring (bicyclic) bond motifs is 8. The number of Topliss-reactive ketones (excluding diaryl/α,β-unsaturated/α-hetero) is 2. The standard InChI is InChI=1S/C40H46N4O2/c1-35(2)25-14-23-29-16-39(37(23,5)18-31(25)45)33(43(29)35)22-13-20(11-12-27(22)41-39)42-28-10-8-7-9-21(28)34-40(42)17-30-24-15-26(36(3,4)44(30)34)32(46)19-38(24,40)6/h7-13,23-26,29-30,33-34,41H,14-19H2,1-6H3. The zero-order chi connectivity index (χ0) is 31.3. The molecule has 12 unspecified atom stereocenters. The van der Waals surface area contributed by atoms with Crippen LogP contribution in [0.4, 0.5) is 17.1 Å². The van der Waals surface area contributed by atoms with Crippen molar-refractivity contribution in [3.63, 3.8) is 0 Å². The topological polar surface area (TPSA) is 55.9 Å². The van der Waals surface area contributed by atoms with Gasteiger partial charge in [0.1, 0.15) is 11.6 Å². The summed E-state index contributed by atoms with van der Waals surface area (Å²) in [5, 5.41) is 4.19. The van der Waals surface area contributed by atoms with Crippen molar-refractivity contribution in [2.24, 2.45) is 34.5 Å². The fourth-order valence-electron chi connectivity index (χ4n) is 15.9. The molecule has 46 heavy (non-hydrogen) atoms. The molecule has 12 rings (SSSR count). The van der Waals surface area contributed by atoms with Crippen LogP contribution in [0.25, 0.3) is 0 Å². The molecule has 238 valence electrons. The average Bonchev–Trinajstić information content (AvgIpc) is 3.78. The van der Waals surface area contributed by atoms with E-state index in [0.717, 1.165) is 25.7 Å². The van der Waals surface area contributed by atoms with Gasteiger partial charge in [0.2, 0.25) is 0 Å². The first-order chi connectivity index (χ1) is 21.8. The third-order valence-electron chi connectivity index (χ3n) is 17.5. The number of nitrogens with one attached hydrogen (secondary N) is 1. The summed E-state index contributed by atoms with van der Waals surface area (Å²) >= 11 is 0. The van der Waals surface area contributed by atoms with Crippen molar-refractivity contribution >= 4 is 28.6 Å². The highest BCUT2D eigenvalue weighted by molar-refractivity contribution is 5.89. The minimum absolute atomic E-state index is 0.0148. The second-order valence-electron chi connectivity index (χ2n) is 19.1. The number of hydrogen-bond donors (Lipinski definition) is 1. The number of carbonyl (C=O) groups excluding carboxylic acids is 2. The minimum atomic E-state index is -0.150. The Hall–Kier alpha value is -2.70. The number of piperidine rings is 4. The molecule has 2 aromatic carbocycles. The molecule has 10 aliphatic rings. The normalized spacial score (nSPS) is 51.5. The first kappa shape index (κ1) is 26.3. The summed E-state index contributed by atoms with van der Waals surface area (Å²) in [7, 11) is 0. The second-order valence-corrected chi connectivity index (χ2v) is 19.1. The van der Waals surface area contributed by atoms with Gasteiger partial charge in [-0.2, -0.15) is 0 Å². The highest BCUT2D eigenvalue weighted by Crippen LogP contribution is 2.80. The van der Waals surface area contributed by atoms with E-state index in [-0.39, 0.29) is 50.9 Å². The number of hydrogen-bond acceptors (Lipinski definition) is 6. The third-order valence-corrected chi connectivity index (χ3v) is 17.5. The molecule has 6 heterocycles. The molecule has 2 spiro atoms. The Kier molecular flexibility index (Phi) is 4.02. The predicted octanol–water partition coefficient (Wildman–Crippen LogP) is 6.79. The Morgan fingerprint density at radius 2 is 1.35 bits per heavy atom. The molecule has 4 saturated carbocycles. The fourth-order valence-corrected chi connectivity index (χ4v) is 15.9. The van der Waals surface area contributed by atoms with E-state index < -0.39 is 0 Å². The Morgan fingerprint density at radius 3 is 2.09 bits per heavy atom. The van der Waals surface area contributed by atoms with E-state index in [1.165, 1.54) is 28.2 Å². The van der Waals surface area contributed by atoms with Crippen LogP contribution in [-0.2, 0) is 9.59 Å². The van der Waals surface area contributed by atoms with Gasteiger partial charge < -0.3 is 10.2 Å². The molecule has 2 aromatic rings. The van der Waals surface area contributed by atoms with Crippen LogP contribution in [0.15, 0.2) is 42.5 Å². The Bertz CT molecular complexity index is 1880. The van der Waals surface area contributed by atoms with Crippen molar-refractivity contribution in [1.82, 2.24) is 9.80 Å². The summed E-state index contributed by atoms with van der Waals surface area (Å²) in [6.45, 7) is 14.4. The summed E-state index contributed by atoms with van der Waals surface area (Å²) in [6.07, 6.45) is 5.79. The molecule has 8 bridgehead atoms. The minimum Gasteiger partial charge on any atom is -0.377 e. The van der Waals surface area contributed by atoms with Gasteiger partial charge in [-0.25, -0.2) is 0 Å². The number of benzene rings is 2. The van der Waals surface area contributed by atoms with Gasteiger partial charge in [-0.1, -0.05) is 32.0 Å². The Morgan fingerprint density at radius 1 is 0.717 bits per heavy atom. The van der Waals surface area contributed by atoms with E-state index in [1.807, 2.05) is 0 Å². The number of carbonyl (C=O) groups is 2. The molecule has 8 fully saturated rings. The summed E-state index contributed by atoms with van der Waals surface area (Å²) in [5.74, 6) is 2.39. The number of anilines is 3. The monoisotopic (exact) mass is 614 g/mol. The molecule has 4 aliphatic carbocycles. The molecular weight excluding hydrogens is 568 g/mol.